The third kappa shape index (κ3) is 2.88. The molecule has 0 saturated carbocycles. The van der Waals surface area contributed by atoms with Crippen LogP contribution in [0.3, 0.4) is 0 Å². The van der Waals surface area contributed by atoms with Crippen LogP contribution >= 0.6 is 0 Å². The van der Waals surface area contributed by atoms with Gasteiger partial charge in [0.05, 0.1) is 39.1 Å². The predicted molar refractivity (Wildman–Crippen MR) is 109 cm³/mol. The molecule has 166 valence electrons. The molecule has 2 aliphatic heterocycles. The first-order chi connectivity index (χ1) is 16.2. The summed E-state index contributed by atoms with van der Waals surface area (Å²) < 4.78 is 9.19. The van der Waals surface area contributed by atoms with Gasteiger partial charge in [0.1, 0.15) is 0 Å². The van der Waals surface area contributed by atoms with Crippen LogP contribution < -0.4 is 0 Å². The van der Waals surface area contributed by atoms with Gasteiger partial charge in [0.25, 0.3) is 0 Å². The molecule has 1 aromatic heterocycles. The molecule has 0 fully saturated rings. The van der Waals surface area contributed by atoms with Crippen LogP contribution in [-0.2, 0) is 9.47 Å². The Hall–Kier alpha value is -5.19. The first-order valence-electron chi connectivity index (χ1n) is 9.49. The van der Waals surface area contributed by atoms with Gasteiger partial charge in [-0.1, -0.05) is 6.07 Å². The maximum absolute atomic E-state index is 12.2. The van der Waals surface area contributed by atoms with Crippen LogP contribution in [0.2, 0.25) is 0 Å². The second-order valence-electron chi connectivity index (χ2n) is 7.22. The highest BCUT2D eigenvalue weighted by atomic mass is 16.6. The predicted octanol–water partition coefficient (Wildman–Crippen LogP) is 2.43. The molecule has 0 unspecified atom stereocenters. The van der Waals surface area contributed by atoms with E-state index in [1.807, 2.05) is 0 Å². The minimum absolute atomic E-state index is 0.0206. The van der Waals surface area contributed by atoms with E-state index in [9.17, 15) is 39.0 Å². The fourth-order valence-corrected chi connectivity index (χ4v) is 3.96. The quantitative estimate of drug-likeness (QED) is 0.433. The van der Waals surface area contributed by atoms with E-state index in [4.69, 9.17) is 0 Å². The van der Waals surface area contributed by atoms with E-state index >= 15 is 0 Å². The number of hydrogen-bond donors (Lipinski definition) is 2. The highest BCUT2D eigenvalue weighted by Crippen LogP contribution is 2.37. The summed E-state index contributed by atoms with van der Waals surface area (Å²) in [5, 5.41) is 19.2. The second-order valence-corrected chi connectivity index (χ2v) is 7.22. The second kappa shape index (κ2) is 7.17. The molecule has 5 rings (SSSR count). The number of carboxylic acids is 2. The van der Waals surface area contributed by atoms with Crippen LogP contribution in [0, 0.1) is 0 Å². The molecule has 0 atom stereocenters. The molecule has 0 radical (unpaired) electrons. The number of carbonyl (C=O) groups is 6. The van der Waals surface area contributed by atoms with Gasteiger partial charge in [-0.25, -0.2) is 28.8 Å². The highest BCUT2D eigenvalue weighted by molar-refractivity contribution is 6.21. The van der Waals surface area contributed by atoms with Crippen LogP contribution in [0.25, 0.3) is 22.4 Å². The Balaban J connectivity index is 1.72. The molecule has 2 aromatic carbocycles. The van der Waals surface area contributed by atoms with Gasteiger partial charge in [0.15, 0.2) is 0 Å². The Morgan fingerprint density at radius 1 is 0.618 bits per heavy atom. The number of nitrogens with zero attached hydrogens (tertiary/aromatic N) is 1. The van der Waals surface area contributed by atoms with Gasteiger partial charge in [-0.15, -0.1) is 0 Å². The minimum Gasteiger partial charge on any atom is -0.478 e. The zero-order chi connectivity index (χ0) is 24.3. The summed E-state index contributed by atoms with van der Waals surface area (Å²) in [6, 6.07) is 7.26. The van der Waals surface area contributed by atoms with Gasteiger partial charge < -0.3 is 19.7 Å². The van der Waals surface area contributed by atoms with Crippen molar-refractivity contribution in [2.75, 3.05) is 0 Å². The number of aromatic carboxylic acids is 2. The molecule has 3 heterocycles. The average molecular weight is 459 g/mol. The SMILES string of the molecule is O=C1OC(=O)c2c1ccc(C(=O)O)c2-c1ccc(-c2c(C(=O)O)ccc3c2C(=O)OC3=O)nc1. The summed E-state index contributed by atoms with van der Waals surface area (Å²) in [5.74, 6) is -6.65. The van der Waals surface area contributed by atoms with Gasteiger partial charge in [-0.3, -0.25) is 4.98 Å². The van der Waals surface area contributed by atoms with E-state index in [0.29, 0.717) is 0 Å². The normalized spacial score (nSPS) is 13.9. The molecule has 2 aliphatic rings. The summed E-state index contributed by atoms with van der Waals surface area (Å²) in [4.78, 5) is 76.0. The Bertz CT molecular complexity index is 1400. The highest BCUT2D eigenvalue weighted by Gasteiger charge is 2.37. The molecule has 0 aliphatic carbocycles. The van der Waals surface area contributed by atoms with Crippen LogP contribution in [-0.4, -0.2) is 51.0 Å². The number of esters is 4. The lowest BCUT2D eigenvalue weighted by molar-refractivity contribution is 0.0426. The topological polar surface area (TPSA) is 174 Å². The lowest BCUT2D eigenvalue weighted by Crippen LogP contribution is -2.08. The molecule has 3 aromatic rings. The van der Waals surface area contributed by atoms with Gasteiger partial charge in [0, 0.05) is 22.9 Å². The zero-order valence-electron chi connectivity index (χ0n) is 16.6. The molecule has 0 amide bonds. The van der Waals surface area contributed by atoms with Crippen molar-refractivity contribution in [3.8, 4) is 22.4 Å². The molecule has 11 heteroatoms. The molecular formula is C23H9NO10. The van der Waals surface area contributed by atoms with Crippen molar-refractivity contribution in [1.29, 1.82) is 0 Å². The molecule has 34 heavy (non-hydrogen) atoms. The van der Waals surface area contributed by atoms with Gasteiger partial charge in [-0.2, -0.15) is 0 Å². The Kier molecular flexibility index (Phi) is 4.36. The summed E-state index contributed by atoms with van der Waals surface area (Å²) >= 11 is 0. The number of rotatable bonds is 4. The molecule has 0 saturated heterocycles. The molecule has 11 nitrogen and oxygen atoms in total. The Morgan fingerprint density at radius 3 is 1.59 bits per heavy atom. The number of ether oxygens (including phenoxy) is 2. The van der Waals surface area contributed by atoms with Crippen LogP contribution in [0.1, 0.15) is 62.1 Å². The number of fused-ring (bicyclic) bond motifs is 2. The summed E-state index contributed by atoms with van der Waals surface area (Å²) in [6.07, 6.45) is 1.15. The van der Waals surface area contributed by atoms with Crippen LogP contribution in [0.5, 0.6) is 0 Å². The van der Waals surface area contributed by atoms with Crippen molar-refractivity contribution in [3.63, 3.8) is 0 Å². The minimum atomic E-state index is -1.38. The van der Waals surface area contributed by atoms with Crippen LogP contribution in [0.15, 0.2) is 42.6 Å². The first-order valence-corrected chi connectivity index (χ1v) is 9.49. The largest absolute Gasteiger partial charge is 0.478 e. The fraction of sp³-hybridized carbons (Fsp3) is 0. The molecular weight excluding hydrogens is 450 g/mol. The average Bonchev–Trinajstić information content (AvgIpc) is 3.26. The Morgan fingerprint density at radius 2 is 1.12 bits per heavy atom. The van der Waals surface area contributed by atoms with Crippen molar-refractivity contribution >= 4 is 35.8 Å². The standard InChI is InChI=1S/C23H9NO10/c25-18(26)9-2-4-11-16(22(31)33-20(11)29)14(9)8-1-6-13(24-7-8)15-10(19(27)28)3-5-12-17(15)23(32)34-21(12)30/h1-7H,(H,25,26)(H,27,28). The van der Waals surface area contributed by atoms with Crippen LogP contribution in [0.4, 0.5) is 0 Å². The van der Waals surface area contributed by atoms with Crippen molar-refractivity contribution in [3.05, 3.63) is 76.0 Å². The van der Waals surface area contributed by atoms with E-state index in [1.165, 1.54) is 24.3 Å². The van der Waals surface area contributed by atoms with E-state index < -0.39 is 35.8 Å². The maximum atomic E-state index is 12.2. The first kappa shape index (κ1) is 20.7. The third-order valence-electron chi connectivity index (χ3n) is 5.40. The van der Waals surface area contributed by atoms with Crippen molar-refractivity contribution in [1.82, 2.24) is 4.98 Å². The lowest BCUT2D eigenvalue weighted by atomic mass is 9.91. The van der Waals surface area contributed by atoms with E-state index in [2.05, 4.69) is 14.5 Å². The van der Waals surface area contributed by atoms with E-state index in [-0.39, 0.29) is 55.8 Å². The molecule has 0 spiro atoms. The number of cyclic esters (lactones) is 4. The molecule has 2 N–H and O–H groups in total. The van der Waals surface area contributed by atoms with Crippen molar-refractivity contribution in [2.24, 2.45) is 0 Å². The molecule has 0 bridgehead atoms. The summed E-state index contributed by atoms with van der Waals surface area (Å²) in [5.41, 5.74) is -1.49. The third-order valence-corrected chi connectivity index (χ3v) is 5.40. The smallest absolute Gasteiger partial charge is 0.347 e. The number of hydrogen-bond acceptors (Lipinski definition) is 9. The Labute approximate surface area is 188 Å². The maximum Gasteiger partial charge on any atom is 0.347 e. The number of carbonyl (C=O) groups excluding carboxylic acids is 4. The number of aromatic nitrogens is 1. The van der Waals surface area contributed by atoms with Crippen molar-refractivity contribution in [2.45, 2.75) is 0 Å². The number of carboxylic acid groups (broad SMARTS) is 2. The monoisotopic (exact) mass is 459 g/mol. The zero-order valence-corrected chi connectivity index (χ0v) is 16.6. The summed E-state index contributed by atoms with van der Waals surface area (Å²) in [7, 11) is 0. The summed E-state index contributed by atoms with van der Waals surface area (Å²) in [6.45, 7) is 0. The van der Waals surface area contributed by atoms with Gasteiger partial charge in [0.2, 0.25) is 0 Å². The number of pyridine rings is 1. The number of benzene rings is 2. The van der Waals surface area contributed by atoms with Gasteiger partial charge >= 0.3 is 35.8 Å². The lowest BCUT2D eigenvalue weighted by Gasteiger charge is -2.12. The van der Waals surface area contributed by atoms with Crippen molar-refractivity contribution < 1.29 is 48.5 Å². The van der Waals surface area contributed by atoms with E-state index in [0.717, 1.165) is 18.3 Å². The van der Waals surface area contributed by atoms with Gasteiger partial charge in [-0.05, 0) is 30.3 Å². The van der Waals surface area contributed by atoms with E-state index in [1.54, 1.807) is 0 Å². The fourth-order valence-electron chi connectivity index (χ4n) is 3.96.